The number of esters is 1. The quantitative estimate of drug-likeness (QED) is 0.328. The van der Waals surface area contributed by atoms with Gasteiger partial charge in [-0.15, -0.1) is 0 Å². The third-order valence-electron chi connectivity index (χ3n) is 1.60. The van der Waals surface area contributed by atoms with Crippen LogP contribution in [0.25, 0.3) is 0 Å². The van der Waals surface area contributed by atoms with E-state index >= 15 is 0 Å². The normalized spacial score (nSPS) is 38.7. The first-order valence-electron chi connectivity index (χ1n) is 2.77. The third-order valence-corrected chi connectivity index (χ3v) is 1.60. The summed E-state index contributed by atoms with van der Waals surface area (Å²) in [5, 5.41) is 2.55. The molecule has 2 atom stereocenters. The predicted molar refractivity (Wildman–Crippen MR) is 26.4 cm³/mol. The molecule has 4 heteroatoms. The molecule has 2 aliphatic heterocycles. The molecule has 0 saturated carbocycles. The highest BCUT2D eigenvalue weighted by Gasteiger charge is 2.48. The largest absolute Gasteiger partial charge is 0.450 e. The molecule has 0 spiro atoms. The maximum Gasteiger partial charge on any atom is 0.308 e. The summed E-state index contributed by atoms with van der Waals surface area (Å²) in [7, 11) is 0. The Bertz CT molecular complexity index is 187. The van der Waals surface area contributed by atoms with Crippen LogP contribution in [0.3, 0.4) is 0 Å². The van der Waals surface area contributed by atoms with Crippen molar-refractivity contribution in [3.05, 3.63) is 0 Å². The van der Waals surface area contributed by atoms with Crippen molar-refractivity contribution in [2.24, 2.45) is 0 Å². The summed E-state index contributed by atoms with van der Waals surface area (Å²) in [6.45, 7) is 0. The minimum atomic E-state index is -0.461. The molecular formula is C5H5NO3. The Balaban J connectivity index is 2.16. The zero-order valence-corrected chi connectivity index (χ0v) is 4.59. The first kappa shape index (κ1) is 4.78. The lowest BCUT2D eigenvalue weighted by molar-refractivity contribution is -0.152. The molecule has 1 amide bonds. The van der Waals surface area contributed by atoms with E-state index in [2.05, 4.69) is 10.1 Å². The smallest absolute Gasteiger partial charge is 0.308 e. The Morgan fingerprint density at radius 3 is 2.78 bits per heavy atom. The minimum absolute atomic E-state index is 0.0231. The third kappa shape index (κ3) is 0.472. The highest BCUT2D eigenvalue weighted by molar-refractivity contribution is 5.94. The van der Waals surface area contributed by atoms with Gasteiger partial charge in [-0.25, -0.2) is 0 Å². The van der Waals surface area contributed by atoms with Gasteiger partial charge in [-0.2, -0.15) is 0 Å². The first-order chi connectivity index (χ1) is 4.27. The SMILES string of the molecule is O=C1CC2NC(=O)C2O1. The average molecular weight is 127 g/mol. The number of carbonyl (C=O) groups excluding carboxylic acids is 2. The van der Waals surface area contributed by atoms with Crippen molar-refractivity contribution in [3.63, 3.8) is 0 Å². The van der Waals surface area contributed by atoms with Crippen molar-refractivity contribution in [2.75, 3.05) is 0 Å². The Labute approximate surface area is 51.2 Å². The second-order valence-corrected chi connectivity index (χ2v) is 2.23. The number of carbonyl (C=O) groups is 2. The molecule has 2 unspecified atom stereocenters. The van der Waals surface area contributed by atoms with Gasteiger partial charge in [0.05, 0.1) is 12.5 Å². The van der Waals surface area contributed by atoms with Crippen molar-refractivity contribution in [2.45, 2.75) is 18.6 Å². The van der Waals surface area contributed by atoms with E-state index in [1.807, 2.05) is 0 Å². The molecule has 0 aliphatic carbocycles. The zero-order chi connectivity index (χ0) is 6.43. The molecule has 9 heavy (non-hydrogen) atoms. The van der Waals surface area contributed by atoms with Gasteiger partial charge in [0.25, 0.3) is 5.91 Å². The van der Waals surface area contributed by atoms with Gasteiger partial charge in [-0.3, -0.25) is 9.59 Å². The fourth-order valence-electron chi connectivity index (χ4n) is 1.09. The summed E-state index contributed by atoms with van der Waals surface area (Å²) in [6.07, 6.45) is -0.117. The zero-order valence-electron chi connectivity index (χ0n) is 4.59. The van der Waals surface area contributed by atoms with Crippen molar-refractivity contribution in [1.82, 2.24) is 5.32 Å². The molecule has 48 valence electrons. The second-order valence-electron chi connectivity index (χ2n) is 2.23. The van der Waals surface area contributed by atoms with Crippen LogP contribution >= 0.6 is 0 Å². The fourth-order valence-corrected chi connectivity index (χ4v) is 1.09. The Kier molecular flexibility index (Phi) is 0.670. The number of hydrogen-bond acceptors (Lipinski definition) is 3. The summed E-state index contributed by atoms with van der Waals surface area (Å²) < 4.78 is 4.62. The molecule has 2 aliphatic rings. The monoisotopic (exact) mass is 127 g/mol. The van der Waals surface area contributed by atoms with Gasteiger partial charge in [0, 0.05) is 0 Å². The van der Waals surface area contributed by atoms with Crippen LogP contribution in [0.1, 0.15) is 6.42 Å². The van der Waals surface area contributed by atoms with E-state index in [9.17, 15) is 9.59 Å². The van der Waals surface area contributed by atoms with Crippen LogP contribution in [0, 0.1) is 0 Å². The molecule has 0 radical (unpaired) electrons. The van der Waals surface area contributed by atoms with Gasteiger partial charge >= 0.3 is 5.97 Å². The molecule has 2 fully saturated rings. The van der Waals surface area contributed by atoms with Crippen LogP contribution in [0.4, 0.5) is 0 Å². The van der Waals surface area contributed by atoms with Gasteiger partial charge in [-0.1, -0.05) is 0 Å². The van der Waals surface area contributed by atoms with Gasteiger partial charge in [0.1, 0.15) is 0 Å². The summed E-state index contributed by atoms with van der Waals surface area (Å²) in [5.41, 5.74) is 0. The van der Waals surface area contributed by atoms with Crippen molar-refractivity contribution in [1.29, 1.82) is 0 Å². The summed E-state index contributed by atoms with van der Waals surface area (Å²) in [6, 6.07) is -0.0231. The highest BCUT2D eigenvalue weighted by Crippen LogP contribution is 2.21. The number of rotatable bonds is 0. The minimum Gasteiger partial charge on any atom is -0.450 e. The van der Waals surface area contributed by atoms with Crippen LogP contribution in [0.5, 0.6) is 0 Å². The van der Waals surface area contributed by atoms with Crippen molar-refractivity contribution < 1.29 is 14.3 Å². The van der Waals surface area contributed by atoms with Crippen molar-refractivity contribution >= 4 is 11.9 Å². The average Bonchev–Trinajstić information content (AvgIpc) is 2.08. The van der Waals surface area contributed by atoms with Crippen LogP contribution in [-0.2, 0) is 14.3 Å². The Hall–Kier alpha value is -1.06. The number of β-lactam (4-membered cyclic amide) rings is 1. The number of amides is 1. The number of ether oxygens (including phenoxy) is 1. The van der Waals surface area contributed by atoms with Crippen LogP contribution in [0.2, 0.25) is 0 Å². The molecule has 0 aromatic carbocycles. The summed E-state index contributed by atoms with van der Waals surface area (Å²) in [4.78, 5) is 20.9. The summed E-state index contributed by atoms with van der Waals surface area (Å²) >= 11 is 0. The van der Waals surface area contributed by atoms with Gasteiger partial charge in [-0.05, 0) is 0 Å². The van der Waals surface area contributed by atoms with E-state index < -0.39 is 6.10 Å². The molecule has 2 saturated heterocycles. The van der Waals surface area contributed by atoms with Crippen LogP contribution < -0.4 is 5.32 Å². The van der Waals surface area contributed by atoms with E-state index in [1.54, 1.807) is 0 Å². The molecule has 2 rings (SSSR count). The number of fused-ring (bicyclic) bond motifs is 1. The first-order valence-corrected chi connectivity index (χ1v) is 2.77. The van der Waals surface area contributed by atoms with Crippen LogP contribution in [0.15, 0.2) is 0 Å². The molecule has 2 heterocycles. The number of hydrogen-bond donors (Lipinski definition) is 1. The van der Waals surface area contributed by atoms with Crippen molar-refractivity contribution in [3.8, 4) is 0 Å². The highest BCUT2D eigenvalue weighted by atomic mass is 16.6. The fraction of sp³-hybridized carbons (Fsp3) is 0.600. The van der Waals surface area contributed by atoms with Gasteiger partial charge < -0.3 is 10.1 Å². The lowest BCUT2D eigenvalue weighted by atomic mass is 10.0. The van der Waals surface area contributed by atoms with E-state index in [-0.39, 0.29) is 17.9 Å². The lowest BCUT2D eigenvalue weighted by Crippen LogP contribution is -2.59. The Morgan fingerprint density at radius 1 is 1.56 bits per heavy atom. The van der Waals surface area contributed by atoms with Crippen LogP contribution in [-0.4, -0.2) is 24.0 Å². The lowest BCUT2D eigenvalue weighted by Gasteiger charge is -2.27. The molecular weight excluding hydrogens is 122 g/mol. The maximum absolute atomic E-state index is 10.5. The standard InChI is InChI=1S/C5H5NO3/c7-3-1-2-4(9-3)5(8)6-2/h2,4H,1H2,(H,6,8). The molecule has 0 aromatic rings. The topological polar surface area (TPSA) is 55.4 Å². The molecule has 1 N–H and O–H groups in total. The van der Waals surface area contributed by atoms with E-state index in [0.717, 1.165) is 0 Å². The summed E-state index contributed by atoms with van der Waals surface area (Å²) in [5.74, 6) is -0.436. The predicted octanol–water partition coefficient (Wildman–Crippen LogP) is -1.20. The van der Waals surface area contributed by atoms with E-state index in [4.69, 9.17) is 0 Å². The maximum atomic E-state index is 10.5. The number of nitrogens with one attached hydrogen (secondary N) is 1. The molecule has 4 nitrogen and oxygen atoms in total. The van der Waals surface area contributed by atoms with Gasteiger partial charge in [0.2, 0.25) is 6.10 Å². The second kappa shape index (κ2) is 1.26. The van der Waals surface area contributed by atoms with E-state index in [1.165, 1.54) is 0 Å². The van der Waals surface area contributed by atoms with E-state index in [0.29, 0.717) is 6.42 Å². The van der Waals surface area contributed by atoms with Gasteiger partial charge in [0.15, 0.2) is 0 Å². The molecule has 0 bridgehead atoms. The molecule has 0 aromatic heterocycles. The Morgan fingerprint density at radius 2 is 2.33 bits per heavy atom.